The number of hydrogen-bond donors (Lipinski definition) is 0. The Morgan fingerprint density at radius 3 is 2.75 bits per heavy atom. The second kappa shape index (κ2) is 5.62. The zero-order valence-corrected chi connectivity index (χ0v) is 11.8. The molecule has 2 aromatic rings. The first-order chi connectivity index (χ1) is 9.56. The van der Waals surface area contributed by atoms with Gasteiger partial charge in [0.25, 0.3) is 0 Å². The molecule has 1 aromatic heterocycles. The number of methoxy groups -OCH3 is 1. The summed E-state index contributed by atoms with van der Waals surface area (Å²) >= 11 is 0. The fraction of sp³-hybridized carbons (Fsp3) is 0.250. The van der Waals surface area contributed by atoms with E-state index in [-0.39, 0.29) is 5.97 Å². The molecule has 0 bridgehead atoms. The molecular weight excluding hydrogens is 252 g/mol. The number of aromatic nitrogens is 1. The summed E-state index contributed by atoms with van der Waals surface area (Å²) < 4.78 is 6.67. The highest BCUT2D eigenvalue weighted by molar-refractivity contribution is 5.89. The summed E-state index contributed by atoms with van der Waals surface area (Å²) in [5, 5.41) is 9.23. The molecule has 1 aromatic carbocycles. The molecule has 0 aliphatic rings. The van der Waals surface area contributed by atoms with Crippen LogP contribution in [0.5, 0.6) is 0 Å². The number of nitrogens with zero attached hydrogens (tertiary/aromatic N) is 2. The third-order valence-electron chi connectivity index (χ3n) is 3.29. The third kappa shape index (κ3) is 2.57. The Hall–Kier alpha value is -2.54. The van der Waals surface area contributed by atoms with Crippen LogP contribution in [-0.4, -0.2) is 17.6 Å². The largest absolute Gasteiger partial charge is 0.465 e. The Bertz CT molecular complexity index is 693. The Balaban J connectivity index is 2.36. The van der Waals surface area contributed by atoms with Crippen LogP contribution in [0, 0.1) is 25.2 Å². The molecule has 0 amide bonds. The topological polar surface area (TPSA) is 55.0 Å². The fourth-order valence-electron chi connectivity index (χ4n) is 2.30. The predicted molar refractivity (Wildman–Crippen MR) is 75.5 cm³/mol. The van der Waals surface area contributed by atoms with Gasteiger partial charge in [-0.3, -0.25) is 0 Å². The molecule has 0 atom stereocenters. The number of esters is 1. The van der Waals surface area contributed by atoms with Crippen molar-refractivity contribution in [1.82, 2.24) is 4.57 Å². The number of aryl methyl sites for hydroxylation is 2. The highest BCUT2D eigenvalue weighted by Gasteiger charge is 2.11. The van der Waals surface area contributed by atoms with Crippen LogP contribution >= 0.6 is 0 Å². The standard InChI is InChI=1S/C16H16N2O2/c1-11-7-12(2)18(15(11)9-17)10-13-5-4-6-14(8-13)16(19)20-3/h4-8H,10H2,1-3H3. The number of hydrogen-bond acceptors (Lipinski definition) is 3. The van der Waals surface area contributed by atoms with Gasteiger partial charge in [0, 0.05) is 12.2 Å². The van der Waals surface area contributed by atoms with Crippen molar-refractivity contribution in [2.24, 2.45) is 0 Å². The minimum absolute atomic E-state index is 0.354. The summed E-state index contributed by atoms with van der Waals surface area (Å²) in [5.74, 6) is -0.354. The molecule has 2 rings (SSSR count). The molecule has 0 unspecified atom stereocenters. The molecule has 0 aliphatic heterocycles. The maximum absolute atomic E-state index is 11.5. The quantitative estimate of drug-likeness (QED) is 0.804. The molecule has 20 heavy (non-hydrogen) atoms. The van der Waals surface area contributed by atoms with E-state index in [1.54, 1.807) is 12.1 Å². The van der Waals surface area contributed by atoms with Gasteiger partial charge in [0.05, 0.1) is 12.7 Å². The second-order valence-electron chi connectivity index (χ2n) is 4.71. The Labute approximate surface area is 118 Å². The highest BCUT2D eigenvalue weighted by atomic mass is 16.5. The van der Waals surface area contributed by atoms with Crippen LogP contribution in [-0.2, 0) is 11.3 Å². The van der Waals surface area contributed by atoms with Gasteiger partial charge in [-0.05, 0) is 43.2 Å². The maximum Gasteiger partial charge on any atom is 0.337 e. The first-order valence-corrected chi connectivity index (χ1v) is 6.31. The zero-order valence-electron chi connectivity index (χ0n) is 11.8. The smallest absolute Gasteiger partial charge is 0.337 e. The second-order valence-corrected chi connectivity index (χ2v) is 4.71. The molecule has 102 valence electrons. The van der Waals surface area contributed by atoms with Gasteiger partial charge in [0.15, 0.2) is 0 Å². The predicted octanol–water partition coefficient (Wildman–Crippen LogP) is 2.81. The average molecular weight is 268 g/mol. The number of carbonyl (C=O) groups excluding carboxylic acids is 1. The SMILES string of the molecule is COC(=O)c1cccc(Cn2c(C)cc(C)c2C#N)c1. The number of benzene rings is 1. The molecule has 1 heterocycles. The molecule has 4 nitrogen and oxygen atoms in total. The third-order valence-corrected chi connectivity index (χ3v) is 3.29. The molecule has 0 radical (unpaired) electrons. The van der Waals surface area contributed by atoms with Crippen molar-refractivity contribution in [3.8, 4) is 6.07 Å². The van der Waals surface area contributed by atoms with Crippen LogP contribution < -0.4 is 0 Å². The number of nitriles is 1. The van der Waals surface area contributed by atoms with Crippen LogP contribution in [0.1, 0.15) is 32.9 Å². The van der Waals surface area contributed by atoms with Gasteiger partial charge in [-0.1, -0.05) is 12.1 Å². The molecule has 0 saturated heterocycles. The summed E-state index contributed by atoms with van der Waals surface area (Å²) in [4.78, 5) is 11.5. The minimum Gasteiger partial charge on any atom is -0.465 e. The van der Waals surface area contributed by atoms with E-state index in [1.807, 2.05) is 36.6 Å². The van der Waals surface area contributed by atoms with Crippen molar-refractivity contribution in [2.75, 3.05) is 7.11 Å². The van der Waals surface area contributed by atoms with Gasteiger partial charge in [0.1, 0.15) is 11.8 Å². The van der Waals surface area contributed by atoms with E-state index in [1.165, 1.54) is 7.11 Å². The Kier molecular flexibility index (Phi) is 3.90. The van der Waals surface area contributed by atoms with E-state index in [4.69, 9.17) is 4.74 Å². The Morgan fingerprint density at radius 2 is 2.10 bits per heavy atom. The van der Waals surface area contributed by atoms with Crippen LogP contribution in [0.25, 0.3) is 0 Å². The van der Waals surface area contributed by atoms with Crippen LogP contribution in [0.2, 0.25) is 0 Å². The van der Waals surface area contributed by atoms with Gasteiger partial charge in [-0.15, -0.1) is 0 Å². The molecule has 0 spiro atoms. The van der Waals surface area contributed by atoms with E-state index in [0.29, 0.717) is 17.8 Å². The lowest BCUT2D eigenvalue weighted by molar-refractivity contribution is 0.0600. The van der Waals surface area contributed by atoms with Crippen molar-refractivity contribution < 1.29 is 9.53 Å². The minimum atomic E-state index is -0.354. The van der Waals surface area contributed by atoms with E-state index >= 15 is 0 Å². The summed E-state index contributed by atoms with van der Waals surface area (Å²) in [7, 11) is 1.36. The molecule has 4 heteroatoms. The van der Waals surface area contributed by atoms with Gasteiger partial charge >= 0.3 is 5.97 Å². The maximum atomic E-state index is 11.5. The van der Waals surface area contributed by atoms with E-state index < -0.39 is 0 Å². The number of rotatable bonds is 3. The van der Waals surface area contributed by atoms with Gasteiger partial charge in [0.2, 0.25) is 0 Å². The van der Waals surface area contributed by atoms with E-state index in [9.17, 15) is 10.1 Å². The van der Waals surface area contributed by atoms with Crippen LogP contribution in [0.4, 0.5) is 0 Å². The van der Waals surface area contributed by atoms with Gasteiger partial charge in [-0.25, -0.2) is 4.79 Å². The summed E-state index contributed by atoms with van der Waals surface area (Å²) in [6.45, 7) is 4.46. The summed E-state index contributed by atoms with van der Waals surface area (Å²) in [6.07, 6.45) is 0. The van der Waals surface area contributed by atoms with E-state index in [0.717, 1.165) is 16.8 Å². The first-order valence-electron chi connectivity index (χ1n) is 6.31. The van der Waals surface area contributed by atoms with Crippen LogP contribution in [0.3, 0.4) is 0 Å². The molecular formula is C16H16N2O2. The van der Waals surface area contributed by atoms with Crippen molar-refractivity contribution in [3.63, 3.8) is 0 Å². The lowest BCUT2D eigenvalue weighted by Crippen LogP contribution is -2.07. The summed E-state index contributed by atoms with van der Waals surface area (Å²) in [5.41, 5.74) is 4.13. The van der Waals surface area contributed by atoms with Crippen LogP contribution in [0.15, 0.2) is 30.3 Å². The molecule has 0 N–H and O–H groups in total. The highest BCUT2D eigenvalue weighted by Crippen LogP contribution is 2.17. The van der Waals surface area contributed by atoms with Crippen molar-refractivity contribution in [2.45, 2.75) is 20.4 Å². The molecule has 0 fully saturated rings. The van der Waals surface area contributed by atoms with Crippen molar-refractivity contribution in [3.05, 3.63) is 58.4 Å². The summed E-state index contributed by atoms with van der Waals surface area (Å²) in [6, 6.07) is 11.5. The zero-order chi connectivity index (χ0) is 14.7. The molecule has 0 aliphatic carbocycles. The first kappa shape index (κ1) is 13.9. The Morgan fingerprint density at radius 1 is 1.35 bits per heavy atom. The lowest BCUT2D eigenvalue weighted by Gasteiger charge is -2.09. The van der Waals surface area contributed by atoms with E-state index in [2.05, 4.69) is 6.07 Å². The average Bonchev–Trinajstić information content (AvgIpc) is 2.72. The normalized spacial score (nSPS) is 10.1. The van der Waals surface area contributed by atoms with Gasteiger partial charge in [-0.2, -0.15) is 5.26 Å². The van der Waals surface area contributed by atoms with Gasteiger partial charge < -0.3 is 9.30 Å². The monoisotopic (exact) mass is 268 g/mol. The molecule has 0 saturated carbocycles. The lowest BCUT2D eigenvalue weighted by atomic mass is 10.1. The van der Waals surface area contributed by atoms with Crippen molar-refractivity contribution >= 4 is 5.97 Å². The fourth-order valence-corrected chi connectivity index (χ4v) is 2.30. The number of carbonyl (C=O) groups is 1. The number of ether oxygens (including phenoxy) is 1. The van der Waals surface area contributed by atoms with Crippen molar-refractivity contribution in [1.29, 1.82) is 5.26 Å².